The van der Waals surface area contributed by atoms with E-state index in [4.69, 9.17) is 9.84 Å². The SMILES string of the molecule is COCCCNC(=O)CN1CCC[C@H](CO)C1. The van der Waals surface area contributed by atoms with Crippen molar-refractivity contribution in [2.24, 2.45) is 5.92 Å². The predicted octanol–water partition coefficient (Wildman–Crippen LogP) is -0.157. The molecule has 0 bridgehead atoms. The van der Waals surface area contributed by atoms with Crippen molar-refractivity contribution in [1.82, 2.24) is 10.2 Å². The Labute approximate surface area is 103 Å². The molecule has 1 amide bonds. The molecule has 1 saturated heterocycles. The number of aliphatic hydroxyl groups excluding tert-OH is 1. The molecule has 0 radical (unpaired) electrons. The van der Waals surface area contributed by atoms with E-state index >= 15 is 0 Å². The van der Waals surface area contributed by atoms with Crippen molar-refractivity contribution >= 4 is 5.91 Å². The lowest BCUT2D eigenvalue weighted by Crippen LogP contribution is -2.43. The highest BCUT2D eigenvalue weighted by Crippen LogP contribution is 2.14. The van der Waals surface area contributed by atoms with Crippen LogP contribution < -0.4 is 5.32 Å². The van der Waals surface area contributed by atoms with Crippen LogP contribution in [0.1, 0.15) is 19.3 Å². The van der Waals surface area contributed by atoms with Crippen molar-refractivity contribution < 1.29 is 14.6 Å². The third-order valence-corrected chi connectivity index (χ3v) is 3.08. The van der Waals surface area contributed by atoms with Crippen LogP contribution in [0.3, 0.4) is 0 Å². The van der Waals surface area contributed by atoms with E-state index in [1.54, 1.807) is 7.11 Å². The van der Waals surface area contributed by atoms with Gasteiger partial charge in [-0.1, -0.05) is 0 Å². The molecular weight excluding hydrogens is 220 g/mol. The van der Waals surface area contributed by atoms with E-state index in [0.717, 1.165) is 32.4 Å². The second kappa shape index (κ2) is 8.44. The number of nitrogens with zero attached hydrogens (tertiary/aromatic N) is 1. The molecule has 1 rings (SSSR count). The van der Waals surface area contributed by atoms with Gasteiger partial charge in [-0.05, 0) is 31.7 Å². The molecule has 5 nitrogen and oxygen atoms in total. The smallest absolute Gasteiger partial charge is 0.234 e. The Kier molecular flexibility index (Phi) is 7.16. The molecule has 0 saturated carbocycles. The zero-order valence-electron chi connectivity index (χ0n) is 10.7. The van der Waals surface area contributed by atoms with Crippen LogP contribution >= 0.6 is 0 Å². The number of carbonyl (C=O) groups excluding carboxylic acids is 1. The number of ether oxygens (including phenoxy) is 1. The quantitative estimate of drug-likeness (QED) is 0.611. The summed E-state index contributed by atoms with van der Waals surface area (Å²) in [5.41, 5.74) is 0. The Bertz CT molecular complexity index is 224. The fourth-order valence-corrected chi connectivity index (χ4v) is 2.15. The molecule has 1 aliphatic rings. The maximum absolute atomic E-state index is 11.6. The van der Waals surface area contributed by atoms with Gasteiger partial charge >= 0.3 is 0 Å². The Hall–Kier alpha value is -0.650. The van der Waals surface area contributed by atoms with Crippen LogP contribution in [0.2, 0.25) is 0 Å². The second-order valence-corrected chi connectivity index (χ2v) is 4.62. The molecular formula is C12H24N2O3. The van der Waals surface area contributed by atoms with Crippen LogP contribution in [0, 0.1) is 5.92 Å². The topological polar surface area (TPSA) is 61.8 Å². The van der Waals surface area contributed by atoms with Crippen LogP contribution in [0.15, 0.2) is 0 Å². The average molecular weight is 244 g/mol. The molecule has 0 aromatic heterocycles. The van der Waals surface area contributed by atoms with Crippen molar-refractivity contribution in [1.29, 1.82) is 0 Å². The van der Waals surface area contributed by atoms with E-state index < -0.39 is 0 Å². The zero-order chi connectivity index (χ0) is 12.5. The minimum absolute atomic E-state index is 0.0692. The number of methoxy groups -OCH3 is 1. The number of aliphatic hydroxyl groups is 1. The van der Waals surface area contributed by atoms with Crippen LogP contribution in [0.4, 0.5) is 0 Å². The van der Waals surface area contributed by atoms with Crippen molar-refractivity contribution in [3.8, 4) is 0 Å². The molecule has 0 aromatic rings. The first-order valence-corrected chi connectivity index (χ1v) is 6.35. The highest BCUT2D eigenvalue weighted by Gasteiger charge is 2.20. The summed E-state index contributed by atoms with van der Waals surface area (Å²) in [5.74, 6) is 0.407. The highest BCUT2D eigenvalue weighted by atomic mass is 16.5. The van der Waals surface area contributed by atoms with E-state index in [1.165, 1.54) is 0 Å². The molecule has 100 valence electrons. The number of nitrogens with one attached hydrogen (secondary N) is 1. The maximum atomic E-state index is 11.6. The lowest BCUT2D eigenvalue weighted by atomic mass is 9.99. The van der Waals surface area contributed by atoms with Gasteiger partial charge in [0.15, 0.2) is 0 Å². The number of piperidine rings is 1. The van der Waals surface area contributed by atoms with Gasteiger partial charge in [-0.15, -0.1) is 0 Å². The van der Waals surface area contributed by atoms with Gasteiger partial charge in [-0.3, -0.25) is 9.69 Å². The van der Waals surface area contributed by atoms with Gasteiger partial charge in [0.05, 0.1) is 6.54 Å². The molecule has 0 aliphatic carbocycles. The zero-order valence-corrected chi connectivity index (χ0v) is 10.7. The minimum Gasteiger partial charge on any atom is -0.396 e. The molecule has 17 heavy (non-hydrogen) atoms. The average Bonchev–Trinajstić information content (AvgIpc) is 2.35. The summed E-state index contributed by atoms with van der Waals surface area (Å²) in [6, 6.07) is 0. The van der Waals surface area contributed by atoms with E-state index in [-0.39, 0.29) is 12.5 Å². The van der Waals surface area contributed by atoms with Gasteiger partial charge in [0.2, 0.25) is 5.91 Å². The van der Waals surface area contributed by atoms with E-state index in [2.05, 4.69) is 10.2 Å². The monoisotopic (exact) mass is 244 g/mol. The first-order valence-electron chi connectivity index (χ1n) is 6.35. The lowest BCUT2D eigenvalue weighted by molar-refractivity contribution is -0.122. The molecule has 1 aliphatic heterocycles. The van der Waals surface area contributed by atoms with Gasteiger partial charge in [0, 0.05) is 33.4 Å². The number of hydrogen-bond acceptors (Lipinski definition) is 4. The Morgan fingerprint density at radius 1 is 1.59 bits per heavy atom. The van der Waals surface area contributed by atoms with Crippen molar-refractivity contribution in [3.05, 3.63) is 0 Å². The first kappa shape index (κ1) is 14.4. The third-order valence-electron chi connectivity index (χ3n) is 3.08. The summed E-state index contributed by atoms with van der Waals surface area (Å²) in [5, 5.41) is 12.0. The van der Waals surface area contributed by atoms with E-state index in [0.29, 0.717) is 25.6 Å². The van der Waals surface area contributed by atoms with Crippen molar-refractivity contribution in [3.63, 3.8) is 0 Å². The van der Waals surface area contributed by atoms with Crippen molar-refractivity contribution in [2.75, 3.05) is 46.5 Å². The summed E-state index contributed by atoms with van der Waals surface area (Å²) >= 11 is 0. The molecule has 1 heterocycles. The molecule has 5 heteroatoms. The maximum Gasteiger partial charge on any atom is 0.234 e. The third kappa shape index (κ3) is 6.00. The fraction of sp³-hybridized carbons (Fsp3) is 0.917. The van der Waals surface area contributed by atoms with Crippen LogP contribution in [0.5, 0.6) is 0 Å². The van der Waals surface area contributed by atoms with Gasteiger partial charge in [-0.2, -0.15) is 0 Å². The van der Waals surface area contributed by atoms with Gasteiger partial charge in [-0.25, -0.2) is 0 Å². The number of rotatable bonds is 7. The van der Waals surface area contributed by atoms with Crippen LogP contribution in [-0.2, 0) is 9.53 Å². The van der Waals surface area contributed by atoms with Crippen LogP contribution in [-0.4, -0.2) is 62.4 Å². The van der Waals surface area contributed by atoms with Gasteiger partial charge in [0.1, 0.15) is 0 Å². The lowest BCUT2D eigenvalue weighted by Gasteiger charge is -2.31. The Morgan fingerprint density at radius 3 is 3.12 bits per heavy atom. The molecule has 0 spiro atoms. The normalized spacial score (nSPS) is 21.4. The number of carbonyl (C=O) groups is 1. The Balaban J connectivity index is 2.12. The number of hydrogen-bond donors (Lipinski definition) is 2. The van der Waals surface area contributed by atoms with Crippen molar-refractivity contribution in [2.45, 2.75) is 19.3 Å². The molecule has 1 fully saturated rings. The molecule has 0 unspecified atom stereocenters. The second-order valence-electron chi connectivity index (χ2n) is 4.62. The van der Waals surface area contributed by atoms with Crippen LogP contribution in [0.25, 0.3) is 0 Å². The van der Waals surface area contributed by atoms with E-state index in [1.807, 2.05) is 0 Å². The van der Waals surface area contributed by atoms with Gasteiger partial charge in [0.25, 0.3) is 0 Å². The Morgan fingerprint density at radius 2 is 2.41 bits per heavy atom. The number of likely N-dealkylation sites (tertiary alicyclic amines) is 1. The first-order chi connectivity index (χ1) is 8.26. The fourth-order valence-electron chi connectivity index (χ4n) is 2.15. The summed E-state index contributed by atoms with van der Waals surface area (Å²) in [6.07, 6.45) is 2.99. The summed E-state index contributed by atoms with van der Waals surface area (Å²) < 4.78 is 4.91. The predicted molar refractivity (Wildman–Crippen MR) is 65.8 cm³/mol. The standard InChI is InChI=1S/C12H24N2O3/c1-17-7-3-5-13-12(16)9-14-6-2-4-11(8-14)10-15/h11,15H,2-10H2,1H3,(H,13,16)/t11-/m0/s1. The molecule has 0 aromatic carbocycles. The summed E-state index contributed by atoms with van der Waals surface area (Å²) in [7, 11) is 1.66. The highest BCUT2D eigenvalue weighted by molar-refractivity contribution is 5.77. The molecule has 2 N–H and O–H groups in total. The van der Waals surface area contributed by atoms with E-state index in [9.17, 15) is 4.79 Å². The summed E-state index contributed by atoms with van der Waals surface area (Å²) in [6.45, 7) is 3.82. The minimum atomic E-state index is 0.0692. The largest absolute Gasteiger partial charge is 0.396 e. The molecule has 1 atom stereocenters. The summed E-state index contributed by atoms with van der Waals surface area (Å²) in [4.78, 5) is 13.7. The number of amides is 1. The van der Waals surface area contributed by atoms with Gasteiger partial charge < -0.3 is 15.2 Å².